The molecule has 0 spiro atoms. The van der Waals surface area contributed by atoms with Crippen LogP contribution in [0.1, 0.15) is 69.1 Å². The Bertz CT molecular complexity index is 335. The van der Waals surface area contributed by atoms with Gasteiger partial charge < -0.3 is 0 Å². The van der Waals surface area contributed by atoms with Crippen LogP contribution in [0.15, 0.2) is 12.1 Å². The van der Waals surface area contributed by atoms with E-state index < -0.39 is 0 Å². The van der Waals surface area contributed by atoms with Crippen LogP contribution in [0.25, 0.3) is 0 Å². The predicted molar refractivity (Wildman–Crippen MR) is 73.4 cm³/mol. The first-order valence-corrected chi connectivity index (χ1v) is 7.38. The molecule has 90 valence electrons. The Morgan fingerprint density at radius 1 is 1.06 bits per heavy atom. The molecule has 16 heavy (non-hydrogen) atoms. The average Bonchev–Trinajstić information content (AvgIpc) is 2.67. The van der Waals surface area contributed by atoms with Gasteiger partial charge in [0, 0.05) is 9.75 Å². The van der Waals surface area contributed by atoms with Gasteiger partial charge in [-0.15, -0.1) is 11.3 Å². The van der Waals surface area contributed by atoms with Crippen LogP contribution in [-0.2, 0) is 5.41 Å². The summed E-state index contributed by atoms with van der Waals surface area (Å²) in [6.07, 6.45) is 5.66. The lowest BCUT2D eigenvalue weighted by Gasteiger charge is -2.25. The molecule has 1 aromatic heterocycles. The first kappa shape index (κ1) is 12.2. The molecular weight excluding hydrogens is 212 g/mol. The predicted octanol–water partition coefficient (Wildman–Crippen LogP) is 5.34. The van der Waals surface area contributed by atoms with Crippen LogP contribution in [-0.4, -0.2) is 0 Å². The van der Waals surface area contributed by atoms with Crippen LogP contribution < -0.4 is 0 Å². The summed E-state index contributed by atoms with van der Waals surface area (Å²) in [5.41, 5.74) is 0.324. The summed E-state index contributed by atoms with van der Waals surface area (Å²) in [6.45, 7) is 9.33. The van der Waals surface area contributed by atoms with E-state index in [-0.39, 0.29) is 0 Å². The van der Waals surface area contributed by atoms with Gasteiger partial charge in [0.15, 0.2) is 0 Å². The maximum Gasteiger partial charge on any atom is 0.0102 e. The van der Waals surface area contributed by atoms with Gasteiger partial charge in [-0.3, -0.25) is 0 Å². The second-order valence-corrected chi connectivity index (χ2v) is 7.52. The number of rotatable bonds is 1. The third-order valence-corrected chi connectivity index (χ3v) is 5.46. The van der Waals surface area contributed by atoms with E-state index >= 15 is 0 Å². The molecule has 1 aliphatic carbocycles. The van der Waals surface area contributed by atoms with E-state index in [1.807, 2.05) is 11.3 Å². The van der Waals surface area contributed by atoms with E-state index in [1.54, 1.807) is 9.75 Å². The van der Waals surface area contributed by atoms with Gasteiger partial charge in [-0.25, -0.2) is 0 Å². The van der Waals surface area contributed by atoms with E-state index in [1.165, 1.54) is 25.7 Å². The Morgan fingerprint density at radius 2 is 1.69 bits per heavy atom. The summed E-state index contributed by atoms with van der Waals surface area (Å²) in [7, 11) is 0. The minimum absolute atomic E-state index is 0.324. The molecule has 0 radical (unpaired) electrons. The topological polar surface area (TPSA) is 0 Å². The standard InChI is InChI=1S/C15H24S/c1-11-5-7-12(8-6-11)13-9-10-14(16-13)15(2,3)4/h9-12H,5-8H2,1-4H3. The molecule has 0 saturated heterocycles. The SMILES string of the molecule is CC1CCC(c2ccc(C(C)(C)C)s2)CC1. The molecule has 0 nitrogen and oxygen atoms in total. The Labute approximate surface area is 104 Å². The molecule has 1 saturated carbocycles. The van der Waals surface area contributed by atoms with Gasteiger partial charge in [0.2, 0.25) is 0 Å². The maximum atomic E-state index is 2.39. The smallest absolute Gasteiger partial charge is 0.0102 e. The van der Waals surface area contributed by atoms with E-state index in [9.17, 15) is 0 Å². The summed E-state index contributed by atoms with van der Waals surface area (Å²) in [5, 5.41) is 0. The molecule has 0 atom stereocenters. The highest BCUT2D eigenvalue weighted by molar-refractivity contribution is 7.12. The molecule has 0 aromatic carbocycles. The third-order valence-electron chi connectivity index (χ3n) is 3.78. The lowest BCUT2D eigenvalue weighted by atomic mass is 9.82. The Hall–Kier alpha value is -0.300. The molecule has 1 aromatic rings. The van der Waals surface area contributed by atoms with Gasteiger partial charge in [-0.05, 0) is 42.2 Å². The number of hydrogen-bond acceptors (Lipinski definition) is 1. The van der Waals surface area contributed by atoms with Crippen molar-refractivity contribution in [1.82, 2.24) is 0 Å². The average molecular weight is 236 g/mol. The second-order valence-electron chi connectivity index (χ2n) is 6.41. The number of thiophene rings is 1. The van der Waals surface area contributed by atoms with Crippen LogP contribution in [0, 0.1) is 5.92 Å². The van der Waals surface area contributed by atoms with Gasteiger partial charge in [0.05, 0.1) is 0 Å². The van der Waals surface area contributed by atoms with Crippen LogP contribution in [0.2, 0.25) is 0 Å². The maximum absolute atomic E-state index is 2.39. The minimum atomic E-state index is 0.324. The van der Waals surface area contributed by atoms with Gasteiger partial charge in [-0.2, -0.15) is 0 Å². The largest absolute Gasteiger partial charge is 0.145 e. The van der Waals surface area contributed by atoms with Crippen molar-refractivity contribution in [3.8, 4) is 0 Å². The van der Waals surface area contributed by atoms with E-state index in [4.69, 9.17) is 0 Å². The zero-order valence-corrected chi connectivity index (χ0v) is 11.9. The third kappa shape index (κ3) is 2.68. The fourth-order valence-electron chi connectivity index (χ4n) is 2.52. The van der Waals surface area contributed by atoms with Crippen LogP contribution >= 0.6 is 11.3 Å². The van der Waals surface area contributed by atoms with Crippen molar-refractivity contribution >= 4 is 11.3 Å². The molecule has 0 N–H and O–H groups in total. The molecule has 2 rings (SSSR count). The van der Waals surface area contributed by atoms with E-state index in [2.05, 4.69) is 39.8 Å². The lowest BCUT2D eigenvalue weighted by molar-refractivity contribution is 0.350. The summed E-state index contributed by atoms with van der Waals surface area (Å²) >= 11 is 2.05. The molecule has 0 unspecified atom stereocenters. The fourth-order valence-corrected chi connectivity index (χ4v) is 3.75. The zero-order chi connectivity index (χ0) is 11.8. The van der Waals surface area contributed by atoms with Crippen molar-refractivity contribution in [3.63, 3.8) is 0 Å². The highest BCUT2D eigenvalue weighted by Crippen LogP contribution is 2.40. The molecule has 1 fully saturated rings. The highest BCUT2D eigenvalue weighted by Gasteiger charge is 2.23. The molecule has 1 heterocycles. The Morgan fingerprint density at radius 3 is 2.19 bits per heavy atom. The summed E-state index contributed by atoms with van der Waals surface area (Å²) in [4.78, 5) is 3.18. The van der Waals surface area contributed by atoms with Crippen LogP contribution in [0.3, 0.4) is 0 Å². The minimum Gasteiger partial charge on any atom is -0.145 e. The monoisotopic (exact) mass is 236 g/mol. The van der Waals surface area contributed by atoms with Crippen molar-refractivity contribution in [2.75, 3.05) is 0 Å². The summed E-state index contributed by atoms with van der Waals surface area (Å²) in [6, 6.07) is 4.73. The van der Waals surface area contributed by atoms with Gasteiger partial charge in [-0.1, -0.05) is 40.5 Å². The van der Waals surface area contributed by atoms with Crippen molar-refractivity contribution in [1.29, 1.82) is 0 Å². The van der Waals surface area contributed by atoms with Gasteiger partial charge in [0.1, 0.15) is 0 Å². The Kier molecular flexibility index (Phi) is 3.44. The molecular formula is C15H24S. The zero-order valence-electron chi connectivity index (χ0n) is 11.0. The summed E-state index contributed by atoms with van der Waals surface area (Å²) in [5.74, 6) is 1.82. The van der Waals surface area contributed by atoms with Crippen molar-refractivity contribution in [3.05, 3.63) is 21.9 Å². The van der Waals surface area contributed by atoms with Crippen molar-refractivity contribution in [2.24, 2.45) is 5.92 Å². The van der Waals surface area contributed by atoms with Crippen LogP contribution in [0.4, 0.5) is 0 Å². The van der Waals surface area contributed by atoms with Gasteiger partial charge >= 0.3 is 0 Å². The van der Waals surface area contributed by atoms with E-state index in [0.29, 0.717) is 5.41 Å². The molecule has 0 aliphatic heterocycles. The number of hydrogen-bond donors (Lipinski definition) is 0. The van der Waals surface area contributed by atoms with E-state index in [0.717, 1.165) is 11.8 Å². The quantitative estimate of drug-likeness (QED) is 0.617. The Balaban J connectivity index is 2.08. The molecule has 0 amide bonds. The second kappa shape index (κ2) is 4.52. The highest BCUT2D eigenvalue weighted by atomic mass is 32.1. The van der Waals surface area contributed by atoms with Crippen LogP contribution in [0.5, 0.6) is 0 Å². The first-order valence-electron chi connectivity index (χ1n) is 6.57. The fraction of sp³-hybridized carbons (Fsp3) is 0.733. The molecule has 0 bridgehead atoms. The van der Waals surface area contributed by atoms with Gasteiger partial charge in [0.25, 0.3) is 0 Å². The molecule has 1 heteroatoms. The van der Waals surface area contributed by atoms with Crippen molar-refractivity contribution < 1.29 is 0 Å². The molecule has 1 aliphatic rings. The normalized spacial score (nSPS) is 27.0. The van der Waals surface area contributed by atoms with Crippen molar-refractivity contribution in [2.45, 2.75) is 64.7 Å². The lowest BCUT2D eigenvalue weighted by Crippen LogP contribution is -2.10. The summed E-state index contributed by atoms with van der Waals surface area (Å²) < 4.78 is 0. The first-order chi connectivity index (χ1) is 7.47.